The van der Waals surface area contributed by atoms with E-state index in [1.807, 2.05) is 24.3 Å². The van der Waals surface area contributed by atoms with Crippen LogP contribution in [0.4, 0.5) is 5.69 Å². The Balaban J connectivity index is 1.77. The van der Waals surface area contributed by atoms with Crippen molar-refractivity contribution in [3.8, 4) is 5.75 Å². The topological polar surface area (TPSA) is 70.7 Å². The molecule has 27 heavy (non-hydrogen) atoms. The molecule has 0 bridgehead atoms. The predicted octanol–water partition coefficient (Wildman–Crippen LogP) is 3.19. The number of nitrogens with zero attached hydrogens (tertiary/aromatic N) is 1. The Morgan fingerprint density at radius 3 is 2.19 bits per heavy atom. The number of anilines is 1. The van der Waals surface area contributed by atoms with Gasteiger partial charge in [-0.2, -0.15) is 0 Å². The fourth-order valence-corrected chi connectivity index (χ4v) is 2.83. The summed E-state index contributed by atoms with van der Waals surface area (Å²) in [5.41, 5.74) is 1.32. The average Bonchev–Trinajstić information content (AvgIpc) is 2.63. The number of hydrogen-bond acceptors (Lipinski definition) is 4. The number of halogens is 2. The molecule has 0 fully saturated rings. The first-order valence-electron chi connectivity index (χ1n) is 8.21. The summed E-state index contributed by atoms with van der Waals surface area (Å²) in [5, 5.41) is 6.19. The number of rotatable bonds is 8. The van der Waals surface area contributed by atoms with Crippen LogP contribution in [0.2, 0.25) is 10.0 Å². The molecule has 144 valence electrons. The van der Waals surface area contributed by atoms with Gasteiger partial charge in [0.25, 0.3) is 0 Å². The normalized spacial score (nSPS) is 10.6. The second kappa shape index (κ2) is 10.2. The van der Waals surface area contributed by atoms with Crippen LogP contribution in [0, 0.1) is 0 Å². The molecule has 0 saturated heterocycles. The highest BCUT2D eigenvalue weighted by Gasteiger charge is 2.13. The lowest BCUT2D eigenvalue weighted by Crippen LogP contribution is -2.38. The predicted molar refractivity (Wildman–Crippen MR) is 107 cm³/mol. The Morgan fingerprint density at radius 2 is 1.59 bits per heavy atom. The van der Waals surface area contributed by atoms with Crippen molar-refractivity contribution in [2.75, 3.05) is 32.6 Å². The first-order valence-corrected chi connectivity index (χ1v) is 8.96. The van der Waals surface area contributed by atoms with Crippen LogP contribution in [0.25, 0.3) is 0 Å². The van der Waals surface area contributed by atoms with Gasteiger partial charge < -0.3 is 15.4 Å². The first kappa shape index (κ1) is 21.0. The van der Waals surface area contributed by atoms with Crippen molar-refractivity contribution in [2.24, 2.45) is 0 Å². The largest absolute Gasteiger partial charge is 0.497 e. The molecule has 8 heteroatoms. The van der Waals surface area contributed by atoms with Crippen LogP contribution in [0.5, 0.6) is 5.75 Å². The zero-order valence-corrected chi connectivity index (χ0v) is 16.6. The van der Waals surface area contributed by atoms with E-state index in [0.29, 0.717) is 22.3 Å². The lowest BCUT2D eigenvalue weighted by Gasteiger charge is -2.17. The molecule has 2 amide bonds. The van der Waals surface area contributed by atoms with E-state index in [2.05, 4.69) is 10.6 Å². The van der Waals surface area contributed by atoms with Gasteiger partial charge in [-0.25, -0.2) is 0 Å². The third kappa shape index (κ3) is 6.75. The number of methoxy groups -OCH3 is 1. The van der Waals surface area contributed by atoms with Crippen molar-refractivity contribution >= 4 is 40.7 Å². The van der Waals surface area contributed by atoms with Gasteiger partial charge in [0.1, 0.15) is 5.75 Å². The monoisotopic (exact) mass is 409 g/mol. The van der Waals surface area contributed by atoms with Crippen molar-refractivity contribution in [1.29, 1.82) is 0 Å². The molecule has 6 nitrogen and oxygen atoms in total. The Labute approximate surface area is 168 Å². The maximum absolute atomic E-state index is 12.1. The fourth-order valence-electron chi connectivity index (χ4n) is 2.34. The summed E-state index contributed by atoms with van der Waals surface area (Å²) in [5.74, 6) is 0.266. The maximum atomic E-state index is 12.1. The molecule has 0 spiro atoms. The molecule has 0 aliphatic rings. The highest BCUT2D eigenvalue weighted by molar-refractivity contribution is 6.39. The van der Waals surface area contributed by atoms with Crippen molar-refractivity contribution in [3.05, 3.63) is 58.1 Å². The number of ether oxygens (including phenoxy) is 1. The molecule has 2 aromatic carbocycles. The zero-order valence-electron chi connectivity index (χ0n) is 15.1. The number of nitrogens with one attached hydrogen (secondary N) is 2. The molecular weight excluding hydrogens is 389 g/mol. The number of carbonyl (C=O) groups excluding carboxylic acids is 2. The molecule has 0 saturated carbocycles. The molecule has 2 N–H and O–H groups in total. The van der Waals surface area contributed by atoms with Gasteiger partial charge in [-0.3, -0.25) is 14.5 Å². The molecule has 0 radical (unpaired) electrons. The number of benzene rings is 2. The summed E-state index contributed by atoms with van der Waals surface area (Å²) < 4.78 is 5.09. The number of carbonyl (C=O) groups is 2. The van der Waals surface area contributed by atoms with Crippen molar-refractivity contribution in [2.45, 2.75) is 6.54 Å². The van der Waals surface area contributed by atoms with Gasteiger partial charge >= 0.3 is 0 Å². The third-order valence-corrected chi connectivity index (χ3v) is 4.33. The van der Waals surface area contributed by atoms with Gasteiger partial charge in [-0.15, -0.1) is 0 Å². The van der Waals surface area contributed by atoms with E-state index in [9.17, 15) is 9.59 Å². The molecule has 2 aromatic rings. The summed E-state index contributed by atoms with van der Waals surface area (Å²) in [7, 11) is 3.28. The van der Waals surface area contributed by atoms with Crippen LogP contribution in [-0.2, 0) is 16.1 Å². The van der Waals surface area contributed by atoms with E-state index in [4.69, 9.17) is 27.9 Å². The quantitative estimate of drug-likeness (QED) is 0.702. The van der Waals surface area contributed by atoms with Gasteiger partial charge in [0.15, 0.2) is 0 Å². The molecule has 0 aromatic heterocycles. The molecule has 2 rings (SSSR count). The van der Waals surface area contributed by atoms with Crippen LogP contribution in [0.3, 0.4) is 0 Å². The van der Waals surface area contributed by atoms with Crippen molar-refractivity contribution in [1.82, 2.24) is 10.2 Å². The minimum atomic E-state index is -0.310. The maximum Gasteiger partial charge on any atom is 0.238 e. The molecule has 0 unspecified atom stereocenters. The number of para-hydroxylation sites is 1. The first-order chi connectivity index (χ1) is 12.9. The SMILES string of the molecule is COc1ccc(CNC(=O)CN(C)CC(=O)Nc2c(Cl)cccc2Cl)cc1. The van der Waals surface area contributed by atoms with Gasteiger partial charge in [0, 0.05) is 6.54 Å². The van der Waals surface area contributed by atoms with E-state index >= 15 is 0 Å². The lowest BCUT2D eigenvalue weighted by atomic mass is 10.2. The minimum Gasteiger partial charge on any atom is -0.497 e. The van der Waals surface area contributed by atoms with Crippen LogP contribution in [0.15, 0.2) is 42.5 Å². The number of amides is 2. The minimum absolute atomic E-state index is 0.0253. The van der Waals surface area contributed by atoms with E-state index < -0.39 is 0 Å². The zero-order chi connectivity index (χ0) is 19.8. The lowest BCUT2D eigenvalue weighted by molar-refractivity contribution is -0.123. The van der Waals surface area contributed by atoms with Gasteiger partial charge in [0.05, 0.1) is 35.9 Å². The standard InChI is InChI=1S/C19H21Cl2N3O3/c1-24(12-18(26)23-19-15(20)4-3-5-16(19)21)11-17(25)22-10-13-6-8-14(27-2)9-7-13/h3-9H,10-12H2,1-2H3,(H,22,25)(H,23,26). The molecule has 0 atom stereocenters. The summed E-state index contributed by atoms with van der Waals surface area (Å²) in [6.07, 6.45) is 0. The second-order valence-corrected chi connectivity index (χ2v) is 6.76. The van der Waals surface area contributed by atoms with E-state index in [1.165, 1.54) is 0 Å². The molecule has 0 aliphatic heterocycles. The molecule has 0 heterocycles. The van der Waals surface area contributed by atoms with Crippen molar-refractivity contribution < 1.29 is 14.3 Å². The van der Waals surface area contributed by atoms with Crippen molar-refractivity contribution in [3.63, 3.8) is 0 Å². The number of likely N-dealkylation sites (N-methyl/N-ethyl adjacent to an activating group) is 1. The van der Waals surface area contributed by atoms with Gasteiger partial charge in [-0.1, -0.05) is 41.4 Å². The number of hydrogen-bond donors (Lipinski definition) is 2. The Morgan fingerprint density at radius 1 is 1.00 bits per heavy atom. The molecule has 0 aliphatic carbocycles. The summed E-state index contributed by atoms with van der Waals surface area (Å²) in [6.45, 7) is 0.509. The fraction of sp³-hybridized carbons (Fsp3) is 0.263. The summed E-state index contributed by atoms with van der Waals surface area (Å²) in [4.78, 5) is 25.8. The average molecular weight is 410 g/mol. The Kier molecular flexibility index (Phi) is 7.91. The van der Waals surface area contributed by atoms with Gasteiger partial charge in [0.2, 0.25) is 11.8 Å². The third-order valence-electron chi connectivity index (χ3n) is 3.70. The highest BCUT2D eigenvalue weighted by atomic mass is 35.5. The molecular formula is C19H21Cl2N3O3. The summed E-state index contributed by atoms with van der Waals surface area (Å²) in [6, 6.07) is 12.4. The Bertz CT molecular complexity index is 777. The smallest absolute Gasteiger partial charge is 0.238 e. The van der Waals surface area contributed by atoms with Crippen LogP contribution >= 0.6 is 23.2 Å². The van der Waals surface area contributed by atoms with Crippen LogP contribution in [-0.4, -0.2) is 44.0 Å². The van der Waals surface area contributed by atoms with E-state index in [0.717, 1.165) is 11.3 Å². The second-order valence-electron chi connectivity index (χ2n) is 5.94. The van der Waals surface area contributed by atoms with Crippen LogP contribution < -0.4 is 15.4 Å². The van der Waals surface area contributed by atoms with Crippen LogP contribution in [0.1, 0.15) is 5.56 Å². The van der Waals surface area contributed by atoms with Gasteiger partial charge in [-0.05, 0) is 36.9 Å². The summed E-state index contributed by atoms with van der Waals surface area (Å²) >= 11 is 12.1. The van der Waals surface area contributed by atoms with E-state index in [1.54, 1.807) is 37.3 Å². The highest BCUT2D eigenvalue weighted by Crippen LogP contribution is 2.29. The Hall–Kier alpha value is -2.28. The van der Waals surface area contributed by atoms with E-state index in [-0.39, 0.29) is 24.9 Å².